The Hall–Kier alpha value is -0.640. The number of halogens is 2. The summed E-state index contributed by atoms with van der Waals surface area (Å²) in [7, 11) is 0. The van der Waals surface area contributed by atoms with Crippen molar-refractivity contribution < 1.29 is 4.39 Å². The van der Waals surface area contributed by atoms with E-state index in [1.54, 1.807) is 6.07 Å². The number of benzene rings is 1. The van der Waals surface area contributed by atoms with Gasteiger partial charge in [0.15, 0.2) is 0 Å². The van der Waals surface area contributed by atoms with Crippen LogP contribution >= 0.6 is 11.6 Å². The second-order valence-electron chi connectivity index (χ2n) is 4.13. The van der Waals surface area contributed by atoms with Gasteiger partial charge in [-0.25, -0.2) is 4.39 Å². The van der Waals surface area contributed by atoms with Crippen molar-refractivity contribution in [2.75, 3.05) is 0 Å². The van der Waals surface area contributed by atoms with Gasteiger partial charge in [-0.05, 0) is 30.0 Å². The van der Waals surface area contributed by atoms with Gasteiger partial charge < -0.3 is 0 Å². The highest BCUT2D eigenvalue weighted by atomic mass is 35.5. The molecule has 0 heterocycles. The molecule has 0 aromatic heterocycles. The summed E-state index contributed by atoms with van der Waals surface area (Å²) in [5.74, 6) is 5.73. The highest BCUT2D eigenvalue weighted by molar-refractivity contribution is 6.31. The van der Waals surface area contributed by atoms with E-state index in [1.165, 1.54) is 12.1 Å². The van der Waals surface area contributed by atoms with Crippen LogP contribution in [0.1, 0.15) is 38.3 Å². The quantitative estimate of drug-likeness (QED) is 0.615. The van der Waals surface area contributed by atoms with Crippen LogP contribution in [0, 0.1) is 11.7 Å². The molecule has 0 fully saturated rings. The van der Waals surface area contributed by atoms with Crippen molar-refractivity contribution in [1.82, 2.24) is 5.43 Å². The average Bonchev–Trinajstić information content (AvgIpc) is 2.26. The van der Waals surface area contributed by atoms with Crippen LogP contribution in [-0.2, 0) is 0 Å². The predicted octanol–water partition coefficient (Wildman–Crippen LogP) is 3.42. The molecule has 1 aromatic rings. The van der Waals surface area contributed by atoms with E-state index in [-0.39, 0.29) is 11.9 Å². The SMILES string of the molecule is CCC(C)CC(NN)c1ccc(F)cc1Cl. The van der Waals surface area contributed by atoms with Crippen molar-refractivity contribution in [1.29, 1.82) is 0 Å². The van der Waals surface area contributed by atoms with Gasteiger partial charge in [0.2, 0.25) is 0 Å². The number of rotatable bonds is 5. The van der Waals surface area contributed by atoms with E-state index >= 15 is 0 Å². The van der Waals surface area contributed by atoms with E-state index in [9.17, 15) is 4.39 Å². The molecule has 0 aliphatic heterocycles. The van der Waals surface area contributed by atoms with Crippen LogP contribution in [0.4, 0.5) is 4.39 Å². The Morgan fingerprint density at radius 1 is 1.50 bits per heavy atom. The molecule has 0 radical (unpaired) electrons. The molecule has 2 nitrogen and oxygen atoms in total. The number of nitrogens with one attached hydrogen (secondary N) is 1. The maximum Gasteiger partial charge on any atom is 0.124 e. The van der Waals surface area contributed by atoms with Gasteiger partial charge in [-0.3, -0.25) is 11.3 Å². The number of hydrazine groups is 1. The maximum atomic E-state index is 12.9. The highest BCUT2D eigenvalue weighted by Gasteiger charge is 2.16. The monoisotopic (exact) mass is 244 g/mol. The van der Waals surface area contributed by atoms with Gasteiger partial charge in [-0.2, -0.15) is 0 Å². The van der Waals surface area contributed by atoms with Crippen molar-refractivity contribution in [2.24, 2.45) is 11.8 Å². The van der Waals surface area contributed by atoms with E-state index in [4.69, 9.17) is 17.4 Å². The van der Waals surface area contributed by atoms with Gasteiger partial charge in [0, 0.05) is 11.1 Å². The van der Waals surface area contributed by atoms with Crippen LogP contribution in [0.25, 0.3) is 0 Å². The molecule has 2 atom stereocenters. The number of nitrogens with two attached hydrogens (primary N) is 1. The first-order valence-corrected chi connectivity index (χ1v) is 5.87. The Morgan fingerprint density at radius 3 is 2.69 bits per heavy atom. The first kappa shape index (κ1) is 13.4. The molecule has 0 spiro atoms. The summed E-state index contributed by atoms with van der Waals surface area (Å²) in [6.45, 7) is 4.28. The van der Waals surface area contributed by atoms with E-state index in [1.807, 2.05) is 0 Å². The molecular weight excluding hydrogens is 227 g/mol. The zero-order chi connectivity index (χ0) is 12.1. The van der Waals surface area contributed by atoms with E-state index < -0.39 is 0 Å². The van der Waals surface area contributed by atoms with Crippen molar-refractivity contribution >= 4 is 11.6 Å². The fourth-order valence-electron chi connectivity index (χ4n) is 1.64. The fourth-order valence-corrected chi connectivity index (χ4v) is 1.94. The maximum absolute atomic E-state index is 12.9. The number of hydrogen-bond donors (Lipinski definition) is 2. The Bertz CT molecular complexity index is 344. The van der Waals surface area contributed by atoms with Gasteiger partial charge in [0.05, 0.1) is 0 Å². The largest absolute Gasteiger partial charge is 0.271 e. The topological polar surface area (TPSA) is 38.0 Å². The summed E-state index contributed by atoms with van der Waals surface area (Å²) in [6, 6.07) is 4.38. The van der Waals surface area contributed by atoms with Crippen LogP contribution < -0.4 is 11.3 Å². The summed E-state index contributed by atoms with van der Waals surface area (Å²) in [5, 5.41) is 0.422. The van der Waals surface area contributed by atoms with Crippen LogP contribution in [0.3, 0.4) is 0 Å². The first-order valence-electron chi connectivity index (χ1n) is 5.49. The smallest absolute Gasteiger partial charge is 0.124 e. The molecule has 4 heteroatoms. The van der Waals surface area contributed by atoms with Crippen LogP contribution in [0.2, 0.25) is 5.02 Å². The lowest BCUT2D eigenvalue weighted by atomic mass is 9.94. The van der Waals surface area contributed by atoms with Gasteiger partial charge >= 0.3 is 0 Å². The normalized spacial score (nSPS) is 14.8. The Labute approximate surface area is 101 Å². The minimum absolute atomic E-state index is 0.0250. The molecule has 0 aliphatic carbocycles. The Morgan fingerprint density at radius 2 is 2.19 bits per heavy atom. The van der Waals surface area contributed by atoms with Gasteiger partial charge in [0.25, 0.3) is 0 Å². The van der Waals surface area contributed by atoms with Crippen molar-refractivity contribution in [3.63, 3.8) is 0 Å². The average molecular weight is 245 g/mol. The lowest BCUT2D eigenvalue weighted by Gasteiger charge is -2.20. The molecule has 90 valence electrons. The molecule has 1 rings (SSSR count). The van der Waals surface area contributed by atoms with Gasteiger partial charge in [-0.15, -0.1) is 0 Å². The van der Waals surface area contributed by atoms with Gasteiger partial charge in [0.1, 0.15) is 5.82 Å². The van der Waals surface area contributed by atoms with Crippen LogP contribution in [-0.4, -0.2) is 0 Å². The summed E-state index contributed by atoms with van der Waals surface area (Å²) >= 11 is 5.99. The van der Waals surface area contributed by atoms with Crippen LogP contribution in [0.15, 0.2) is 18.2 Å². The lowest BCUT2D eigenvalue weighted by Crippen LogP contribution is -2.29. The fraction of sp³-hybridized carbons (Fsp3) is 0.500. The van der Waals surface area contributed by atoms with E-state index in [0.717, 1.165) is 18.4 Å². The first-order chi connectivity index (χ1) is 7.58. The molecule has 0 saturated heterocycles. The molecule has 0 saturated carbocycles. The summed E-state index contributed by atoms with van der Waals surface area (Å²) in [4.78, 5) is 0. The highest BCUT2D eigenvalue weighted by Crippen LogP contribution is 2.28. The third-order valence-electron chi connectivity index (χ3n) is 2.87. The molecule has 2 unspecified atom stereocenters. The van der Waals surface area contributed by atoms with Crippen molar-refractivity contribution in [2.45, 2.75) is 32.7 Å². The zero-order valence-electron chi connectivity index (χ0n) is 9.63. The van der Waals surface area contributed by atoms with E-state index in [0.29, 0.717) is 10.9 Å². The molecular formula is C12H18ClFN2. The van der Waals surface area contributed by atoms with Crippen LogP contribution in [0.5, 0.6) is 0 Å². The third-order valence-corrected chi connectivity index (χ3v) is 3.20. The second-order valence-corrected chi connectivity index (χ2v) is 4.54. The summed E-state index contributed by atoms with van der Waals surface area (Å²) < 4.78 is 12.9. The van der Waals surface area contributed by atoms with Crippen molar-refractivity contribution in [3.8, 4) is 0 Å². The minimum atomic E-state index is -0.326. The van der Waals surface area contributed by atoms with Gasteiger partial charge in [-0.1, -0.05) is 37.9 Å². The molecule has 1 aromatic carbocycles. The molecule has 0 aliphatic rings. The third kappa shape index (κ3) is 3.44. The van der Waals surface area contributed by atoms with E-state index in [2.05, 4.69) is 19.3 Å². The number of hydrogen-bond acceptors (Lipinski definition) is 2. The zero-order valence-corrected chi connectivity index (χ0v) is 10.4. The molecule has 0 bridgehead atoms. The Balaban J connectivity index is 2.86. The molecule has 3 N–H and O–H groups in total. The predicted molar refractivity (Wildman–Crippen MR) is 65.5 cm³/mol. The molecule has 16 heavy (non-hydrogen) atoms. The summed E-state index contributed by atoms with van der Waals surface area (Å²) in [5.41, 5.74) is 3.59. The summed E-state index contributed by atoms with van der Waals surface area (Å²) in [6.07, 6.45) is 1.97. The lowest BCUT2D eigenvalue weighted by molar-refractivity contribution is 0.407. The molecule has 0 amide bonds. The Kier molecular flexibility index (Phi) is 5.19. The standard InChI is InChI=1S/C12H18ClFN2/c1-3-8(2)6-12(16-15)10-5-4-9(14)7-11(10)13/h4-5,7-8,12,16H,3,6,15H2,1-2H3. The van der Waals surface area contributed by atoms with Crippen molar-refractivity contribution in [3.05, 3.63) is 34.6 Å². The second kappa shape index (κ2) is 6.18. The minimum Gasteiger partial charge on any atom is -0.271 e.